The molecule has 0 radical (unpaired) electrons. The number of rotatable bonds is 17. The number of carbonyl (C=O) groups is 1. The van der Waals surface area contributed by atoms with Crippen LogP contribution < -0.4 is 0 Å². The van der Waals surface area contributed by atoms with Gasteiger partial charge in [0.15, 0.2) is 0 Å². The number of hydrogen-bond donors (Lipinski definition) is 0. The Morgan fingerprint density at radius 3 is 1.32 bits per heavy atom. The average Bonchev–Trinajstić information content (AvgIpc) is 3.08. The summed E-state index contributed by atoms with van der Waals surface area (Å²) in [6, 6.07) is 2.69. The van der Waals surface area contributed by atoms with Crippen LogP contribution in [0.15, 0.2) is 24.3 Å². The monoisotopic (exact) mass is 800 g/mol. The summed E-state index contributed by atoms with van der Waals surface area (Å²) in [6.45, 7) is 2.18. The number of unbranched alkanes of at least 4 members (excludes halogenated alkanes) is 3. The standard InChI is InChI=1S/C35H41F17O/c1-2-3-4-5-6-21-9-15-24(16-10-21)25-17-11-22(12-18-25)7-8-23-13-19-26(20-14-23)27(53)28(36,37)29(38,39)30(40,41)31(42,43)32(44,45)33(46,47)34(48,49)35(50,51)52/h13-14,19-22,24-25H,2-12,15-18H2,1H3. The molecule has 1 aromatic rings. The zero-order valence-electron chi connectivity index (χ0n) is 28.6. The molecule has 0 saturated heterocycles. The third kappa shape index (κ3) is 8.45. The molecule has 1 aromatic carbocycles. The third-order valence-corrected chi connectivity index (χ3v) is 11.0. The predicted molar refractivity (Wildman–Crippen MR) is 159 cm³/mol. The molecule has 3 rings (SSSR count). The third-order valence-electron chi connectivity index (χ3n) is 11.0. The van der Waals surface area contributed by atoms with Crippen molar-refractivity contribution in [1.82, 2.24) is 0 Å². The number of ketones is 1. The Morgan fingerprint density at radius 1 is 0.509 bits per heavy atom. The second-order valence-corrected chi connectivity index (χ2v) is 14.5. The quantitative estimate of drug-likeness (QED) is 0.0871. The number of alkyl halides is 17. The van der Waals surface area contributed by atoms with E-state index in [-0.39, 0.29) is 12.3 Å². The Bertz CT molecular complexity index is 1340. The Kier molecular flexibility index (Phi) is 13.7. The number of Topliss-reactive ketones (excluding diaryl/α,β-unsaturated/α-hetero) is 1. The molecule has 0 amide bonds. The van der Waals surface area contributed by atoms with Crippen molar-refractivity contribution in [1.29, 1.82) is 0 Å². The Morgan fingerprint density at radius 2 is 0.906 bits per heavy atom. The van der Waals surface area contributed by atoms with Crippen LogP contribution in [0, 0.1) is 23.7 Å². The van der Waals surface area contributed by atoms with Gasteiger partial charge in [0.1, 0.15) is 0 Å². The first-order chi connectivity index (χ1) is 24.1. The highest BCUT2D eigenvalue weighted by Gasteiger charge is 2.95. The van der Waals surface area contributed by atoms with Crippen LogP contribution in [0.2, 0.25) is 0 Å². The van der Waals surface area contributed by atoms with Crippen LogP contribution in [0.25, 0.3) is 0 Å². The summed E-state index contributed by atoms with van der Waals surface area (Å²) in [5.74, 6) is -59.0. The maximum absolute atomic E-state index is 14.5. The van der Waals surface area contributed by atoms with Gasteiger partial charge in [-0.15, -0.1) is 0 Å². The van der Waals surface area contributed by atoms with E-state index in [0.29, 0.717) is 36.0 Å². The minimum absolute atomic E-state index is 0.274. The van der Waals surface area contributed by atoms with Gasteiger partial charge in [-0.05, 0) is 67.8 Å². The molecule has 0 N–H and O–H groups in total. The second kappa shape index (κ2) is 16.0. The minimum Gasteiger partial charge on any atom is -0.287 e. The number of benzene rings is 1. The van der Waals surface area contributed by atoms with Gasteiger partial charge in [-0.3, -0.25) is 4.79 Å². The van der Waals surface area contributed by atoms with E-state index in [9.17, 15) is 79.4 Å². The van der Waals surface area contributed by atoms with Gasteiger partial charge in [-0.2, -0.15) is 74.6 Å². The molecule has 0 bridgehead atoms. The van der Waals surface area contributed by atoms with E-state index < -0.39 is 59.0 Å². The first kappa shape index (κ1) is 45.1. The first-order valence-corrected chi connectivity index (χ1v) is 17.5. The highest BCUT2D eigenvalue weighted by Crippen LogP contribution is 2.64. The number of halogens is 17. The van der Waals surface area contributed by atoms with Crippen molar-refractivity contribution in [3.05, 3.63) is 35.4 Å². The lowest BCUT2D eigenvalue weighted by atomic mass is 9.68. The number of aryl methyl sites for hydroxylation is 1. The molecule has 0 atom stereocenters. The minimum atomic E-state index is -8.74. The van der Waals surface area contributed by atoms with Crippen molar-refractivity contribution in [2.24, 2.45) is 23.7 Å². The van der Waals surface area contributed by atoms with Crippen LogP contribution in [-0.4, -0.2) is 53.4 Å². The number of carbonyl (C=O) groups excluding carboxylic acids is 1. The molecule has 2 aliphatic rings. The highest BCUT2D eigenvalue weighted by atomic mass is 19.4. The van der Waals surface area contributed by atoms with Crippen molar-refractivity contribution in [2.75, 3.05) is 0 Å². The van der Waals surface area contributed by atoms with E-state index in [1.807, 2.05) is 0 Å². The summed E-state index contributed by atoms with van der Waals surface area (Å²) >= 11 is 0. The van der Waals surface area contributed by atoms with Crippen LogP contribution in [-0.2, 0) is 6.42 Å². The van der Waals surface area contributed by atoms with Gasteiger partial charge in [0.2, 0.25) is 5.78 Å². The molecule has 2 saturated carbocycles. The zero-order chi connectivity index (χ0) is 40.5. The largest absolute Gasteiger partial charge is 0.460 e. The Balaban J connectivity index is 1.61. The smallest absolute Gasteiger partial charge is 0.287 e. The molecule has 0 spiro atoms. The molecule has 1 nitrogen and oxygen atoms in total. The maximum atomic E-state index is 14.5. The van der Waals surface area contributed by atoms with Crippen LogP contribution >= 0.6 is 0 Å². The molecule has 0 aliphatic heterocycles. The Labute approximate surface area is 295 Å². The van der Waals surface area contributed by atoms with Gasteiger partial charge in [0.05, 0.1) is 0 Å². The molecular weight excluding hydrogens is 759 g/mol. The van der Waals surface area contributed by atoms with Crippen LogP contribution in [0.3, 0.4) is 0 Å². The molecule has 0 aromatic heterocycles. The van der Waals surface area contributed by atoms with E-state index in [1.165, 1.54) is 57.8 Å². The average molecular weight is 801 g/mol. The Hall–Kier alpha value is -2.30. The molecule has 2 fully saturated rings. The van der Waals surface area contributed by atoms with Crippen molar-refractivity contribution >= 4 is 5.78 Å². The van der Waals surface area contributed by atoms with Crippen molar-refractivity contribution < 1.29 is 79.4 Å². The summed E-state index contributed by atoms with van der Waals surface area (Å²) in [5.41, 5.74) is -1.20. The molecule has 0 unspecified atom stereocenters. The van der Waals surface area contributed by atoms with Crippen molar-refractivity contribution in [3.63, 3.8) is 0 Å². The highest BCUT2D eigenvalue weighted by molar-refractivity contribution is 6.02. The van der Waals surface area contributed by atoms with E-state index in [1.54, 1.807) is 0 Å². The molecule has 53 heavy (non-hydrogen) atoms. The van der Waals surface area contributed by atoms with Crippen molar-refractivity contribution in [2.45, 2.75) is 151 Å². The maximum Gasteiger partial charge on any atom is 0.460 e. The van der Waals surface area contributed by atoms with Crippen LogP contribution in [0.4, 0.5) is 74.6 Å². The summed E-state index contributed by atoms with van der Waals surface area (Å²) in [6.07, 6.45) is 8.02. The summed E-state index contributed by atoms with van der Waals surface area (Å²) in [5, 5.41) is 0. The second-order valence-electron chi connectivity index (χ2n) is 14.5. The lowest BCUT2D eigenvalue weighted by Crippen LogP contribution is -2.75. The summed E-state index contributed by atoms with van der Waals surface area (Å²) < 4.78 is 231. The number of hydrogen-bond acceptors (Lipinski definition) is 1. The topological polar surface area (TPSA) is 17.1 Å². The van der Waals surface area contributed by atoms with Gasteiger partial charge in [-0.25, -0.2) is 0 Å². The SMILES string of the molecule is CCCCCCC1CCC(C2CCC(CCc3ccc(C(=O)C(F)(F)C(F)(F)C(F)(F)C(F)(F)C(F)(F)C(F)(F)C(F)(F)C(F)(F)F)cc3)CC2)CC1. The van der Waals surface area contributed by atoms with Gasteiger partial charge < -0.3 is 0 Å². The van der Waals surface area contributed by atoms with Gasteiger partial charge in [0.25, 0.3) is 0 Å². The first-order valence-electron chi connectivity index (χ1n) is 17.5. The van der Waals surface area contributed by atoms with Gasteiger partial charge >= 0.3 is 47.6 Å². The van der Waals surface area contributed by atoms with E-state index in [4.69, 9.17) is 0 Å². The fourth-order valence-electron chi connectivity index (χ4n) is 7.44. The molecule has 0 heterocycles. The lowest BCUT2D eigenvalue weighted by molar-refractivity contribution is -0.459. The van der Waals surface area contributed by atoms with Crippen LogP contribution in [0.1, 0.15) is 113 Å². The fraction of sp³-hybridized carbons (Fsp3) is 0.800. The summed E-state index contributed by atoms with van der Waals surface area (Å²) in [4.78, 5) is 12.2. The lowest BCUT2D eigenvalue weighted by Gasteiger charge is -2.42. The normalized spacial score (nSPS) is 23.3. The van der Waals surface area contributed by atoms with Gasteiger partial charge in [0, 0.05) is 5.56 Å². The fourth-order valence-corrected chi connectivity index (χ4v) is 7.44. The van der Waals surface area contributed by atoms with E-state index in [2.05, 4.69) is 6.92 Å². The zero-order valence-corrected chi connectivity index (χ0v) is 28.6. The molecule has 2 aliphatic carbocycles. The molecule has 306 valence electrons. The van der Waals surface area contributed by atoms with E-state index in [0.717, 1.165) is 43.7 Å². The summed E-state index contributed by atoms with van der Waals surface area (Å²) in [7, 11) is 0. The molecular formula is C35H41F17O. The van der Waals surface area contributed by atoms with Gasteiger partial charge in [-0.1, -0.05) is 89.0 Å². The predicted octanol–water partition coefficient (Wildman–Crippen LogP) is 13.4. The van der Waals surface area contributed by atoms with Crippen molar-refractivity contribution in [3.8, 4) is 0 Å². The molecule has 18 heteroatoms. The van der Waals surface area contributed by atoms with E-state index >= 15 is 0 Å². The van der Waals surface area contributed by atoms with Crippen LogP contribution in [0.5, 0.6) is 0 Å².